The summed E-state index contributed by atoms with van der Waals surface area (Å²) in [5.74, 6) is -0.197. The summed E-state index contributed by atoms with van der Waals surface area (Å²) in [6.45, 7) is 0. The van der Waals surface area contributed by atoms with Crippen LogP contribution < -0.4 is 15.0 Å². The number of hydrogen-bond donors (Lipinski definition) is 1. The normalized spacial score (nSPS) is 16.6. The van der Waals surface area contributed by atoms with Gasteiger partial charge in [-0.3, -0.25) is 4.79 Å². The first-order valence-corrected chi connectivity index (χ1v) is 4.46. The fourth-order valence-corrected chi connectivity index (χ4v) is 1.63. The predicted molar refractivity (Wildman–Crippen MR) is 50.8 cm³/mol. The number of rotatable bonds is 0. The number of benzene rings is 1. The smallest absolute Gasteiger partial charge is 0.395 e. The monoisotopic (exact) mass is 225 g/mol. The van der Waals surface area contributed by atoms with E-state index in [0.717, 1.165) is 0 Å². The number of pyridine rings is 1. The maximum atomic E-state index is 12.8. The van der Waals surface area contributed by atoms with E-state index in [0.29, 0.717) is 5.39 Å². The van der Waals surface area contributed by atoms with Crippen molar-refractivity contribution in [2.45, 2.75) is 6.29 Å². The van der Waals surface area contributed by atoms with Crippen LogP contribution in [0.1, 0.15) is 0 Å². The van der Waals surface area contributed by atoms with Gasteiger partial charge in [0, 0.05) is 6.20 Å². The van der Waals surface area contributed by atoms with Crippen LogP contribution in [0.2, 0.25) is 0 Å². The third-order valence-corrected chi connectivity index (χ3v) is 2.30. The molecule has 2 heterocycles. The van der Waals surface area contributed by atoms with Gasteiger partial charge < -0.3 is 14.5 Å². The SMILES string of the molecule is O=c1[nH]ccc2cc3c(cc12)OC(F)(F)O3. The van der Waals surface area contributed by atoms with Crippen molar-refractivity contribution in [1.29, 1.82) is 0 Å². The van der Waals surface area contributed by atoms with Gasteiger partial charge in [-0.05, 0) is 23.6 Å². The Hall–Kier alpha value is -2.11. The molecule has 0 fully saturated rings. The minimum Gasteiger partial charge on any atom is -0.395 e. The summed E-state index contributed by atoms with van der Waals surface area (Å²) in [7, 11) is 0. The molecule has 0 saturated heterocycles. The molecule has 0 amide bonds. The van der Waals surface area contributed by atoms with Gasteiger partial charge in [-0.1, -0.05) is 0 Å². The summed E-state index contributed by atoms with van der Waals surface area (Å²) in [6, 6.07) is 4.18. The number of ether oxygens (including phenoxy) is 2. The molecule has 0 atom stereocenters. The van der Waals surface area contributed by atoms with Crippen LogP contribution >= 0.6 is 0 Å². The quantitative estimate of drug-likeness (QED) is 0.744. The van der Waals surface area contributed by atoms with Crippen LogP contribution in [-0.4, -0.2) is 11.3 Å². The first-order chi connectivity index (χ1) is 7.55. The lowest BCUT2D eigenvalue weighted by Crippen LogP contribution is -2.25. The topological polar surface area (TPSA) is 51.3 Å². The molecule has 1 aromatic carbocycles. The van der Waals surface area contributed by atoms with Crippen LogP contribution in [0.4, 0.5) is 8.78 Å². The molecular formula is C10H5F2NO3. The summed E-state index contributed by atoms with van der Waals surface area (Å²) in [4.78, 5) is 13.8. The van der Waals surface area contributed by atoms with E-state index in [4.69, 9.17) is 0 Å². The lowest BCUT2D eigenvalue weighted by molar-refractivity contribution is -0.286. The largest absolute Gasteiger partial charge is 0.586 e. The molecule has 0 radical (unpaired) electrons. The van der Waals surface area contributed by atoms with Gasteiger partial charge in [-0.25, -0.2) is 0 Å². The summed E-state index contributed by atoms with van der Waals surface area (Å²) in [5, 5.41) is 0.798. The van der Waals surface area contributed by atoms with E-state index in [1.807, 2.05) is 0 Å². The predicted octanol–water partition coefficient (Wildman–Crippen LogP) is 1.85. The molecule has 0 aliphatic carbocycles. The average Bonchev–Trinajstić information content (AvgIpc) is 2.48. The van der Waals surface area contributed by atoms with E-state index in [1.54, 1.807) is 6.07 Å². The minimum atomic E-state index is -3.66. The first-order valence-electron chi connectivity index (χ1n) is 4.46. The van der Waals surface area contributed by atoms with Gasteiger partial charge in [0.05, 0.1) is 5.39 Å². The van der Waals surface area contributed by atoms with Gasteiger partial charge in [0.1, 0.15) is 0 Å². The van der Waals surface area contributed by atoms with E-state index in [2.05, 4.69) is 14.5 Å². The molecule has 2 aromatic rings. The summed E-state index contributed by atoms with van der Waals surface area (Å²) in [6.07, 6.45) is -2.22. The lowest BCUT2D eigenvalue weighted by Gasteiger charge is -2.04. The molecule has 0 bridgehead atoms. The third-order valence-electron chi connectivity index (χ3n) is 2.30. The Bertz CT molecular complexity index is 635. The van der Waals surface area contributed by atoms with E-state index in [9.17, 15) is 13.6 Å². The van der Waals surface area contributed by atoms with Crippen molar-refractivity contribution >= 4 is 10.8 Å². The zero-order valence-electron chi connectivity index (χ0n) is 7.79. The maximum absolute atomic E-state index is 12.8. The second kappa shape index (κ2) is 2.72. The molecule has 16 heavy (non-hydrogen) atoms. The molecule has 3 rings (SSSR count). The molecule has 82 valence electrons. The zero-order valence-corrected chi connectivity index (χ0v) is 7.79. The second-order valence-electron chi connectivity index (χ2n) is 3.36. The first kappa shape index (κ1) is 9.14. The maximum Gasteiger partial charge on any atom is 0.586 e. The van der Waals surface area contributed by atoms with Crippen molar-refractivity contribution in [3.8, 4) is 11.5 Å². The van der Waals surface area contributed by atoms with Crippen LogP contribution in [-0.2, 0) is 0 Å². The van der Waals surface area contributed by atoms with Crippen molar-refractivity contribution in [2.24, 2.45) is 0 Å². The number of hydrogen-bond acceptors (Lipinski definition) is 3. The van der Waals surface area contributed by atoms with E-state index in [1.165, 1.54) is 18.3 Å². The third kappa shape index (κ3) is 1.23. The standard InChI is InChI=1S/C10H5F2NO3/c11-10(12)15-7-3-5-1-2-13-9(14)6(5)4-8(7)16-10/h1-4H,(H,13,14). The van der Waals surface area contributed by atoms with Crippen LogP contribution in [0.5, 0.6) is 11.5 Å². The molecule has 0 unspecified atom stereocenters. The van der Waals surface area contributed by atoms with E-state index >= 15 is 0 Å². The van der Waals surface area contributed by atoms with Crippen LogP contribution in [0.25, 0.3) is 10.8 Å². The summed E-state index contributed by atoms with van der Waals surface area (Å²) >= 11 is 0. The zero-order chi connectivity index (χ0) is 11.3. The summed E-state index contributed by atoms with van der Waals surface area (Å²) in [5.41, 5.74) is -0.362. The fourth-order valence-electron chi connectivity index (χ4n) is 1.63. The Kier molecular flexibility index (Phi) is 1.55. The molecular weight excluding hydrogens is 220 g/mol. The number of H-pyrrole nitrogens is 1. The molecule has 1 N–H and O–H groups in total. The highest BCUT2D eigenvalue weighted by Gasteiger charge is 2.43. The van der Waals surface area contributed by atoms with Crippen LogP contribution in [0.3, 0.4) is 0 Å². The van der Waals surface area contributed by atoms with Crippen molar-refractivity contribution in [3.05, 3.63) is 34.7 Å². The Morgan fingerprint density at radius 3 is 2.62 bits per heavy atom. The Morgan fingerprint density at radius 2 is 1.88 bits per heavy atom. The molecule has 1 aromatic heterocycles. The molecule has 1 aliphatic heterocycles. The Balaban J connectivity index is 2.30. The highest BCUT2D eigenvalue weighted by molar-refractivity contribution is 5.85. The molecule has 4 nitrogen and oxygen atoms in total. The second-order valence-corrected chi connectivity index (χ2v) is 3.36. The average molecular weight is 225 g/mol. The van der Waals surface area contributed by atoms with Crippen molar-refractivity contribution in [2.75, 3.05) is 0 Å². The number of nitrogens with one attached hydrogen (secondary N) is 1. The number of fused-ring (bicyclic) bond motifs is 2. The van der Waals surface area contributed by atoms with Gasteiger partial charge >= 0.3 is 6.29 Å². The van der Waals surface area contributed by atoms with E-state index in [-0.39, 0.29) is 22.4 Å². The fraction of sp³-hybridized carbons (Fsp3) is 0.100. The summed E-state index contributed by atoms with van der Waals surface area (Å²) < 4.78 is 34.0. The van der Waals surface area contributed by atoms with E-state index < -0.39 is 6.29 Å². The number of halogens is 2. The molecule has 1 aliphatic rings. The highest BCUT2D eigenvalue weighted by Crippen LogP contribution is 2.42. The van der Waals surface area contributed by atoms with Gasteiger partial charge in [-0.2, -0.15) is 0 Å². The lowest BCUT2D eigenvalue weighted by atomic mass is 10.1. The molecule has 0 saturated carbocycles. The van der Waals surface area contributed by atoms with Gasteiger partial charge in [0.15, 0.2) is 11.5 Å². The Labute approximate surface area is 87.4 Å². The molecule has 6 heteroatoms. The van der Waals surface area contributed by atoms with Crippen molar-refractivity contribution < 1.29 is 18.3 Å². The number of aromatic nitrogens is 1. The number of alkyl halides is 2. The Morgan fingerprint density at radius 1 is 1.19 bits per heavy atom. The minimum absolute atomic E-state index is 0.0666. The van der Waals surface area contributed by atoms with Crippen LogP contribution in [0.15, 0.2) is 29.2 Å². The highest BCUT2D eigenvalue weighted by atomic mass is 19.3. The van der Waals surface area contributed by atoms with Crippen LogP contribution in [0, 0.1) is 0 Å². The van der Waals surface area contributed by atoms with Gasteiger partial charge in [0.2, 0.25) is 0 Å². The van der Waals surface area contributed by atoms with Crippen molar-refractivity contribution in [3.63, 3.8) is 0 Å². The molecule has 0 spiro atoms. The van der Waals surface area contributed by atoms with Crippen molar-refractivity contribution in [1.82, 2.24) is 4.98 Å². The number of aromatic amines is 1. The van der Waals surface area contributed by atoms with Gasteiger partial charge in [0.25, 0.3) is 5.56 Å². The van der Waals surface area contributed by atoms with Gasteiger partial charge in [-0.15, -0.1) is 8.78 Å².